The van der Waals surface area contributed by atoms with Gasteiger partial charge < -0.3 is 15.2 Å². The van der Waals surface area contributed by atoms with Crippen LogP contribution in [0.25, 0.3) is 0 Å². The average molecular weight is 257 g/mol. The molecule has 0 heterocycles. The van der Waals surface area contributed by atoms with Gasteiger partial charge in [-0.25, -0.2) is 9.59 Å². The van der Waals surface area contributed by atoms with E-state index in [2.05, 4.69) is 5.32 Å². The summed E-state index contributed by atoms with van der Waals surface area (Å²) >= 11 is 0. The predicted molar refractivity (Wildman–Crippen MR) is 67.4 cm³/mol. The van der Waals surface area contributed by atoms with Crippen molar-refractivity contribution in [1.82, 2.24) is 5.32 Å². The normalized spacial score (nSPS) is 19.1. The lowest BCUT2D eigenvalue weighted by molar-refractivity contribution is -0.142. The summed E-state index contributed by atoms with van der Waals surface area (Å²) in [5, 5.41) is 11.5. The summed E-state index contributed by atoms with van der Waals surface area (Å²) in [4.78, 5) is 22.8. The van der Waals surface area contributed by atoms with Crippen molar-refractivity contribution in [2.45, 2.75) is 65.0 Å². The van der Waals surface area contributed by atoms with Gasteiger partial charge in [0.2, 0.25) is 0 Å². The predicted octanol–water partition coefficient (Wildman–Crippen LogP) is 2.54. The molecule has 1 amide bonds. The number of hydrogen-bond acceptors (Lipinski definition) is 3. The third-order valence-corrected chi connectivity index (χ3v) is 3.20. The topological polar surface area (TPSA) is 75.6 Å². The molecule has 1 fully saturated rings. The Balaban J connectivity index is 2.48. The highest BCUT2D eigenvalue weighted by atomic mass is 16.6. The maximum Gasteiger partial charge on any atom is 0.408 e. The van der Waals surface area contributed by atoms with Crippen LogP contribution in [0.3, 0.4) is 0 Å². The first kappa shape index (κ1) is 14.8. The number of carboxylic acid groups (broad SMARTS) is 1. The molecule has 1 aliphatic carbocycles. The van der Waals surface area contributed by atoms with Crippen LogP contribution in [-0.4, -0.2) is 29.3 Å². The van der Waals surface area contributed by atoms with Gasteiger partial charge in [-0.2, -0.15) is 0 Å². The third kappa shape index (κ3) is 4.55. The fourth-order valence-corrected chi connectivity index (χ4v) is 2.13. The number of hydrogen-bond donors (Lipinski definition) is 2. The molecule has 1 atom stereocenters. The van der Waals surface area contributed by atoms with Crippen LogP contribution >= 0.6 is 0 Å². The Morgan fingerprint density at radius 3 is 2.22 bits per heavy atom. The molecule has 0 unspecified atom stereocenters. The van der Waals surface area contributed by atoms with Crippen molar-refractivity contribution in [2.24, 2.45) is 5.41 Å². The summed E-state index contributed by atoms with van der Waals surface area (Å²) in [5.41, 5.74) is -0.544. The van der Waals surface area contributed by atoms with Gasteiger partial charge in [0.15, 0.2) is 0 Å². The summed E-state index contributed by atoms with van der Waals surface area (Å²) in [6.07, 6.45) is 4.39. The Kier molecular flexibility index (Phi) is 4.99. The lowest BCUT2D eigenvalue weighted by Gasteiger charge is -2.29. The standard InChI is InChI=1S/C13H23NO4/c1-13(2,3)10(11(15)16)14-12(17)18-9-7-5-4-6-8-9/h9-10H,4-8H2,1-3H3,(H,14,17)(H,15,16)/t10-/m1/s1. The molecular weight excluding hydrogens is 234 g/mol. The average Bonchev–Trinajstić information content (AvgIpc) is 2.25. The zero-order valence-corrected chi connectivity index (χ0v) is 11.4. The molecule has 1 rings (SSSR count). The number of carboxylic acids is 1. The first-order chi connectivity index (χ1) is 8.30. The summed E-state index contributed by atoms with van der Waals surface area (Å²) in [6, 6.07) is -0.936. The molecular formula is C13H23NO4. The lowest BCUT2D eigenvalue weighted by Crippen LogP contribution is -2.49. The van der Waals surface area contributed by atoms with Gasteiger partial charge in [0.05, 0.1) is 0 Å². The summed E-state index contributed by atoms with van der Waals surface area (Å²) in [7, 11) is 0. The molecule has 104 valence electrons. The monoisotopic (exact) mass is 257 g/mol. The van der Waals surface area contributed by atoms with Gasteiger partial charge in [0.1, 0.15) is 12.1 Å². The number of ether oxygens (including phenoxy) is 1. The Hall–Kier alpha value is -1.26. The molecule has 0 saturated heterocycles. The molecule has 0 aliphatic heterocycles. The van der Waals surface area contributed by atoms with E-state index in [0.717, 1.165) is 25.7 Å². The second-order valence-electron chi connectivity index (χ2n) is 5.95. The number of amides is 1. The van der Waals surface area contributed by atoms with Gasteiger partial charge in [-0.15, -0.1) is 0 Å². The van der Waals surface area contributed by atoms with Crippen molar-refractivity contribution in [3.8, 4) is 0 Å². The molecule has 1 saturated carbocycles. The van der Waals surface area contributed by atoms with E-state index in [-0.39, 0.29) is 6.10 Å². The molecule has 5 heteroatoms. The number of nitrogens with one attached hydrogen (secondary N) is 1. The summed E-state index contributed by atoms with van der Waals surface area (Å²) in [6.45, 7) is 5.31. The van der Waals surface area contributed by atoms with E-state index in [1.54, 1.807) is 20.8 Å². The zero-order chi connectivity index (χ0) is 13.8. The van der Waals surface area contributed by atoms with Crippen LogP contribution in [0.5, 0.6) is 0 Å². The lowest BCUT2D eigenvalue weighted by atomic mass is 9.87. The molecule has 18 heavy (non-hydrogen) atoms. The number of carbonyl (C=O) groups is 2. The van der Waals surface area contributed by atoms with Crippen LogP contribution in [-0.2, 0) is 9.53 Å². The summed E-state index contributed by atoms with van der Waals surface area (Å²) in [5.74, 6) is -1.04. The highest BCUT2D eigenvalue weighted by Crippen LogP contribution is 2.22. The van der Waals surface area contributed by atoms with Crippen LogP contribution in [0, 0.1) is 5.41 Å². The molecule has 0 aromatic rings. The maximum atomic E-state index is 11.7. The number of carbonyl (C=O) groups excluding carboxylic acids is 1. The highest BCUT2D eigenvalue weighted by molar-refractivity contribution is 5.80. The third-order valence-electron chi connectivity index (χ3n) is 3.20. The Morgan fingerprint density at radius 2 is 1.78 bits per heavy atom. The van der Waals surface area contributed by atoms with E-state index in [1.165, 1.54) is 6.42 Å². The van der Waals surface area contributed by atoms with Crippen LogP contribution in [0.2, 0.25) is 0 Å². The van der Waals surface area contributed by atoms with Crippen molar-refractivity contribution in [3.63, 3.8) is 0 Å². The van der Waals surface area contributed by atoms with Crippen LogP contribution in [0.15, 0.2) is 0 Å². The minimum absolute atomic E-state index is 0.0619. The minimum atomic E-state index is -1.04. The summed E-state index contributed by atoms with van der Waals surface area (Å²) < 4.78 is 5.25. The molecule has 0 aromatic heterocycles. The first-order valence-electron chi connectivity index (χ1n) is 6.50. The smallest absolute Gasteiger partial charge is 0.408 e. The molecule has 0 bridgehead atoms. The van der Waals surface area contributed by atoms with E-state index in [0.29, 0.717) is 0 Å². The van der Waals surface area contributed by atoms with E-state index >= 15 is 0 Å². The Bertz CT molecular complexity index is 303. The highest BCUT2D eigenvalue weighted by Gasteiger charge is 2.33. The minimum Gasteiger partial charge on any atom is -0.480 e. The Labute approximate surface area is 108 Å². The number of rotatable bonds is 3. The number of aliphatic carboxylic acids is 1. The van der Waals surface area contributed by atoms with Gasteiger partial charge in [-0.3, -0.25) is 0 Å². The molecule has 0 radical (unpaired) electrons. The van der Waals surface area contributed by atoms with Gasteiger partial charge in [0.25, 0.3) is 0 Å². The molecule has 5 nitrogen and oxygen atoms in total. The first-order valence-corrected chi connectivity index (χ1v) is 6.50. The van der Waals surface area contributed by atoms with Crippen molar-refractivity contribution in [2.75, 3.05) is 0 Å². The molecule has 0 spiro atoms. The van der Waals surface area contributed by atoms with Crippen molar-refractivity contribution in [3.05, 3.63) is 0 Å². The maximum absolute atomic E-state index is 11.7. The van der Waals surface area contributed by atoms with E-state index in [9.17, 15) is 9.59 Å². The van der Waals surface area contributed by atoms with Gasteiger partial charge in [-0.1, -0.05) is 27.2 Å². The largest absolute Gasteiger partial charge is 0.480 e. The zero-order valence-electron chi connectivity index (χ0n) is 11.4. The van der Waals surface area contributed by atoms with Gasteiger partial charge in [0, 0.05) is 0 Å². The van der Waals surface area contributed by atoms with Crippen LogP contribution in [0.1, 0.15) is 52.9 Å². The van der Waals surface area contributed by atoms with Crippen LogP contribution in [0.4, 0.5) is 4.79 Å². The second kappa shape index (κ2) is 6.07. The van der Waals surface area contributed by atoms with Crippen molar-refractivity contribution >= 4 is 12.1 Å². The Morgan fingerprint density at radius 1 is 1.22 bits per heavy atom. The quantitative estimate of drug-likeness (QED) is 0.814. The molecule has 1 aliphatic rings. The van der Waals surface area contributed by atoms with Gasteiger partial charge in [-0.05, 0) is 31.1 Å². The van der Waals surface area contributed by atoms with Crippen molar-refractivity contribution in [1.29, 1.82) is 0 Å². The van der Waals surface area contributed by atoms with Crippen LogP contribution < -0.4 is 5.32 Å². The van der Waals surface area contributed by atoms with E-state index in [4.69, 9.17) is 9.84 Å². The van der Waals surface area contributed by atoms with Gasteiger partial charge >= 0.3 is 12.1 Å². The second-order valence-corrected chi connectivity index (χ2v) is 5.95. The van der Waals surface area contributed by atoms with Crippen molar-refractivity contribution < 1.29 is 19.4 Å². The van der Waals surface area contributed by atoms with E-state index < -0.39 is 23.5 Å². The SMILES string of the molecule is CC(C)(C)[C@H](NC(=O)OC1CCCCC1)C(=O)O. The van der Waals surface area contributed by atoms with E-state index in [1.807, 2.05) is 0 Å². The molecule has 2 N–H and O–H groups in total. The number of alkyl carbamates (subject to hydrolysis) is 1. The molecule has 0 aromatic carbocycles. The fraction of sp³-hybridized carbons (Fsp3) is 0.846. The fourth-order valence-electron chi connectivity index (χ4n) is 2.13.